The van der Waals surface area contributed by atoms with Crippen LogP contribution in [-0.2, 0) is 29.6 Å². The summed E-state index contributed by atoms with van der Waals surface area (Å²) in [5.41, 5.74) is 4.60. The van der Waals surface area contributed by atoms with Gasteiger partial charge in [-0.25, -0.2) is 4.39 Å². The van der Waals surface area contributed by atoms with Crippen LogP contribution in [0.15, 0.2) is 24.3 Å². The van der Waals surface area contributed by atoms with Crippen molar-refractivity contribution in [3.05, 3.63) is 41.3 Å². The SMILES string of the molecule is CCCn1nc(-c2ccc(F)cc2)c2c1CCNC2.CS(=O)(=O)O. The Morgan fingerprint density at radius 3 is 2.54 bits per heavy atom. The van der Waals surface area contributed by atoms with Crippen LogP contribution in [0.1, 0.15) is 24.6 Å². The van der Waals surface area contributed by atoms with Gasteiger partial charge in [-0.15, -0.1) is 0 Å². The van der Waals surface area contributed by atoms with Crippen molar-refractivity contribution in [2.75, 3.05) is 12.8 Å². The Labute approximate surface area is 141 Å². The molecule has 2 heterocycles. The second-order valence-electron chi connectivity index (χ2n) is 5.66. The number of fused-ring (bicyclic) bond motifs is 1. The largest absolute Gasteiger partial charge is 0.312 e. The molecule has 132 valence electrons. The van der Waals surface area contributed by atoms with Gasteiger partial charge in [0, 0.05) is 42.9 Å². The quantitative estimate of drug-likeness (QED) is 0.825. The lowest BCUT2D eigenvalue weighted by molar-refractivity contribution is 0.490. The van der Waals surface area contributed by atoms with E-state index in [1.807, 2.05) is 12.1 Å². The van der Waals surface area contributed by atoms with Crippen molar-refractivity contribution in [3.8, 4) is 11.3 Å². The fraction of sp³-hybridized carbons (Fsp3) is 0.438. The van der Waals surface area contributed by atoms with Crippen molar-refractivity contribution in [3.63, 3.8) is 0 Å². The maximum atomic E-state index is 13.0. The minimum atomic E-state index is -3.67. The molecule has 24 heavy (non-hydrogen) atoms. The number of aromatic nitrogens is 2. The third-order valence-corrected chi connectivity index (χ3v) is 3.56. The molecule has 0 fully saturated rings. The summed E-state index contributed by atoms with van der Waals surface area (Å²) in [5, 5.41) is 8.13. The van der Waals surface area contributed by atoms with Crippen molar-refractivity contribution in [2.45, 2.75) is 32.9 Å². The molecule has 0 aliphatic carbocycles. The highest BCUT2D eigenvalue weighted by molar-refractivity contribution is 7.85. The molecule has 0 bridgehead atoms. The van der Waals surface area contributed by atoms with E-state index in [1.54, 1.807) is 0 Å². The molecule has 0 radical (unpaired) electrons. The van der Waals surface area contributed by atoms with Crippen molar-refractivity contribution in [1.29, 1.82) is 0 Å². The van der Waals surface area contributed by atoms with E-state index >= 15 is 0 Å². The Balaban J connectivity index is 0.000000368. The van der Waals surface area contributed by atoms with Gasteiger partial charge in [-0.2, -0.15) is 13.5 Å². The van der Waals surface area contributed by atoms with Gasteiger partial charge in [-0.1, -0.05) is 6.92 Å². The van der Waals surface area contributed by atoms with Crippen molar-refractivity contribution < 1.29 is 17.4 Å². The first-order valence-electron chi connectivity index (χ1n) is 7.77. The lowest BCUT2D eigenvalue weighted by Gasteiger charge is -2.15. The molecule has 1 aliphatic rings. The van der Waals surface area contributed by atoms with Crippen LogP contribution in [0.5, 0.6) is 0 Å². The monoisotopic (exact) mass is 355 g/mol. The summed E-state index contributed by atoms with van der Waals surface area (Å²) in [6.07, 6.45) is 2.81. The molecule has 3 rings (SSSR count). The molecule has 8 heteroatoms. The maximum absolute atomic E-state index is 13.0. The van der Waals surface area contributed by atoms with E-state index in [-0.39, 0.29) is 5.82 Å². The van der Waals surface area contributed by atoms with E-state index in [1.165, 1.54) is 23.4 Å². The molecule has 1 aliphatic heterocycles. The van der Waals surface area contributed by atoms with Crippen molar-refractivity contribution in [2.24, 2.45) is 0 Å². The minimum Gasteiger partial charge on any atom is -0.312 e. The van der Waals surface area contributed by atoms with Gasteiger partial charge in [0.25, 0.3) is 10.1 Å². The van der Waals surface area contributed by atoms with Crippen LogP contribution >= 0.6 is 0 Å². The minimum absolute atomic E-state index is 0.205. The van der Waals surface area contributed by atoms with E-state index in [0.29, 0.717) is 6.26 Å². The summed E-state index contributed by atoms with van der Waals surface area (Å²) in [7, 11) is -3.67. The molecule has 2 aromatic rings. The Morgan fingerprint density at radius 2 is 1.96 bits per heavy atom. The van der Waals surface area contributed by atoms with Gasteiger partial charge >= 0.3 is 0 Å². The van der Waals surface area contributed by atoms with Crippen molar-refractivity contribution in [1.82, 2.24) is 15.1 Å². The number of nitrogens with zero attached hydrogens (tertiary/aromatic N) is 2. The predicted molar refractivity (Wildman–Crippen MR) is 90.8 cm³/mol. The lowest BCUT2D eigenvalue weighted by Crippen LogP contribution is -2.25. The van der Waals surface area contributed by atoms with Gasteiger partial charge in [-0.3, -0.25) is 9.23 Å². The number of hydrogen-bond acceptors (Lipinski definition) is 4. The molecule has 0 amide bonds. The molecule has 2 N–H and O–H groups in total. The topological polar surface area (TPSA) is 84.2 Å². The first-order valence-corrected chi connectivity index (χ1v) is 9.62. The maximum Gasteiger partial charge on any atom is 0.261 e. The van der Waals surface area contributed by atoms with E-state index in [4.69, 9.17) is 9.65 Å². The van der Waals surface area contributed by atoms with Crippen LogP contribution in [0.3, 0.4) is 0 Å². The predicted octanol–water partition coefficient (Wildman–Crippen LogP) is 2.25. The number of rotatable bonds is 3. The van der Waals surface area contributed by atoms with Gasteiger partial charge in [-0.05, 0) is 30.7 Å². The summed E-state index contributed by atoms with van der Waals surface area (Å²) >= 11 is 0. The van der Waals surface area contributed by atoms with Gasteiger partial charge in [0.2, 0.25) is 0 Å². The summed E-state index contributed by atoms with van der Waals surface area (Å²) in [6.45, 7) is 4.97. The molecule has 1 aromatic carbocycles. The van der Waals surface area contributed by atoms with Gasteiger partial charge < -0.3 is 5.32 Å². The Morgan fingerprint density at radius 1 is 1.33 bits per heavy atom. The Hall–Kier alpha value is -1.77. The molecule has 0 spiro atoms. The van der Waals surface area contributed by atoms with Crippen LogP contribution in [0, 0.1) is 5.82 Å². The molecular formula is C16H22FN3O3S. The first-order chi connectivity index (χ1) is 11.3. The molecule has 0 saturated heterocycles. The zero-order valence-corrected chi connectivity index (χ0v) is 14.6. The molecule has 6 nitrogen and oxygen atoms in total. The third-order valence-electron chi connectivity index (χ3n) is 3.56. The summed E-state index contributed by atoms with van der Waals surface area (Å²) in [4.78, 5) is 0. The molecule has 1 aromatic heterocycles. The zero-order chi connectivity index (χ0) is 17.7. The molecule has 0 unspecified atom stereocenters. The molecular weight excluding hydrogens is 333 g/mol. The second kappa shape index (κ2) is 7.87. The highest BCUT2D eigenvalue weighted by Gasteiger charge is 2.20. The zero-order valence-electron chi connectivity index (χ0n) is 13.8. The number of aryl methyl sites for hydroxylation is 1. The summed E-state index contributed by atoms with van der Waals surface area (Å²) < 4.78 is 41.0. The van der Waals surface area contributed by atoms with Crippen LogP contribution in [-0.4, -0.2) is 35.6 Å². The lowest BCUT2D eigenvalue weighted by atomic mass is 10.0. The average molecular weight is 355 g/mol. The molecule has 0 saturated carbocycles. The Kier molecular flexibility index (Phi) is 6.09. The first kappa shape index (κ1) is 18.6. The average Bonchev–Trinajstić information content (AvgIpc) is 2.86. The summed E-state index contributed by atoms with van der Waals surface area (Å²) in [5.74, 6) is -0.205. The van der Waals surface area contributed by atoms with Crippen LogP contribution in [0.4, 0.5) is 4.39 Å². The van der Waals surface area contributed by atoms with E-state index in [9.17, 15) is 12.8 Å². The van der Waals surface area contributed by atoms with Crippen molar-refractivity contribution >= 4 is 10.1 Å². The van der Waals surface area contributed by atoms with Crippen LogP contribution in [0.25, 0.3) is 11.3 Å². The normalized spacial score (nSPS) is 13.8. The highest BCUT2D eigenvalue weighted by atomic mass is 32.2. The Bertz CT molecular complexity index is 778. The standard InChI is InChI=1S/C15H18FN3.CH4O3S/c1-2-9-19-14-7-8-17-10-13(14)15(18-19)11-3-5-12(16)6-4-11;1-5(2,3)4/h3-6,17H,2,7-10H2,1H3;1H3,(H,2,3,4). The van der Waals surface area contributed by atoms with Gasteiger partial charge in [0.15, 0.2) is 0 Å². The van der Waals surface area contributed by atoms with Gasteiger partial charge in [0.1, 0.15) is 5.82 Å². The van der Waals surface area contributed by atoms with Gasteiger partial charge in [0.05, 0.1) is 11.9 Å². The second-order valence-corrected chi connectivity index (χ2v) is 7.13. The highest BCUT2D eigenvalue weighted by Crippen LogP contribution is 2.28. The van der Waals surface area contributed by atoms with E-state index in [2.05, 4.69) is 16.9 Å². The number of benzene rings is 1. The fourth-order valence-electron chi connectivity index (χ4n) is 2.66. The smallest absolute Gasteiger partial charge is 0.261 e. The van der Waals surface area contributed by atoms with Crippen LogP contribution in [0.2, 0.25) is 0 Å². The molecule has 0 atom stereocenters. The third kappa shape index (κ3) is 5.12. The van der Waals surface area contributed by atoms with E-state index in [0.717, 1.165) is 43.7 Å². The van der Waals surface area contributed by atoms with E-state index < -0.39 is 10.1 Å². The number of nitrogens with one attached hydrogen (secondary N) is 1. The summed E-state index contributed by atoms with van der Waals surface area (Å²) in [6, 6.07) is 6.61. The fourth-order valence-corrected chi connectivity index (χ4v) is 2.66. The van der Waals surface area contributed by atoms with Crippen LogP contribution < -0.4 is 5.32 Å². The number of hydrogen-bond donors (Lipinski definition) is 2. The number of halogens is 1.